The van der Waals surface area contributed by atoms with Gasteiger partial charge in [-0.15, -0.1) is 0 Å². The van der Waals surface area contributed by atoms with Crippen molar-refractivity contribution in [2.24, 2.45) is 0 Å². The van der Waals surface area contributed by atoms with Gasteiger partial charge in [-0.3, -0.25) is 4.79 Å². The number of carbonyl (C=O) groups is 2. The second-order valence-corrected chi connectivity index (χ2v) is 8.28. The number of benzene rings is 1. The Morgan fingerprint density at radius 3 is 2.60 bits per heavy atom. The highest BCUT2D eigenvalue weighted by Crippen LogP contribution is 2.40. The van der Waals surface area contributed by atoms with Gasteiger partial charge in [0.05, 0.1) is 6.04 Å². The van der Waals surface area contributed by atoms with Gasteiger partial charge in [0.15, 0.2) is 0 Å². The molecule has 2 amide bonds. The maximum absolute atomic E-state index is 12.6. The van der Waals surface area contributed by atoms with Crippen molar-refractivity contribution in [2.75, 3.05) is 6.54 Å². The van der Waals surface area contributed by atoms with Crippen LogP contribution in [0.3, 0.4) is 0 Å². The molecule has 2 heterocycles. The summed E-state index contributed by atoms with van der Waals surface area (Å²) in [6.07, 6.45) is 1.53. The van der Waals surface area contributed by atoms with Crippen LogP contribution in [0.4, 0.5) is 4.79 Å². The molecule has 0 bridgehead atoms. The van der Waals surface area contributed by atoms with Crippen molar-refractivity contribution in [2.45, 2.75) is 65.3 Å². The van der Waals surface area contributed by atoms with Crippen molar-refractivity contribution in [3.05, 3.63) is 33.8 Å². The third-order valence-corrected chi connectivity index (χ3v) is 4.96. The Morgan fingerprint density at radius 1 is 1.24 bits per heavy atom. The number of halogens is 1. The van der Waals surface area contributed by atoms with E-state index in [9.17, 15) is 9.59 Å². The highest BCUT2D eigenvalue weighted by atomic mass is 35.5. The molecule has 1 saturated heterocycles. The Bertz CT molecular complexity index is 711. The minimum atomic E-state index is -0.522. The number of carbonyl (C=O) groups excluding carboxylic acids is 2. The zero-order valence-corrected chi connectivity index (χ0v) is 16.0. The van der Waals surface area contributed by atoms with Crippen molar-refractivity contribution in [3.63, 3.8) is 0 Å². The molecule has 0 radical (unpaired) electrons. The molecular formula is C19H25ClN2O3. The first-order chi connectivity index (χ1) is 11.7. The lowest BCUT2D eigenvalue weighted by molar-refractivity contribution is -0.129. The van der Waals surface area contributed by atoms with Crippen LogP contribution >= 0.6 is 11.6 Å². The molecule has 1 fully saturated rings. The largest absolute Gasteiger partial charge is 0.444 e. The van der Waals surface area contributed by atoms with E-state index in [-0.39, 0.29) is 18.0 Å². The molecule has 1 aromatic rings. The van der Waals surface area contributed by atoms with Crippen LogP contribution in [0.5, 0.6) is 0 Å². The number of ether oxygens (including phenoxy) is 1. The van der Waals surface area contributed by atoms with E-state index in [1.54, 1.807) is 16.7 Å². The van der Waals surface area contributed by atoms with Crippen LogP contribution in [-0.2, 0) is 22.6 Å². The van der Waals surface area contributed by atoms with Gasteiger partial charge >= 0.3 is 6.09 Å². The Labute approximate surface area is 153 Å². The molecule has 2 aliphatic heterocycles. The third-order valence-electron chi connectivity index (χ3n) is 4.74. The molecule has 2 aliphatic rings. The van der Waals surface area contributed by atoms with E-state index in [4.69, 9.17) is 16.3 Å². The fourth-order valence-electron chi connectivity index (χ4n) is 3.65. The summed E-state index contributed by atoms with van der Waals surface area (Å²) in [4.78, 5) is 28.0. The first-order valence-electron chi connectivity index (χ1n) is 8.72. The summed E-state index contributed by atoms with van der Waals surface area (Å²) >= 11 is 6.33. The zero-order chi connectivity index (χ0) is 18.4. The van der Waals surface area contributed by atoms with Crippen LogP contribution in [0.15, 0.2) is 12.1 Å². The fraction of sp³-hybridized carbons (Fsp3) is 0.579. The van der Waals surface area contributed by atoms with E-state index in [1.165, 1.54) is 0 Å². The average Bonchev–Trinajstić information content (AvgIpc) is 3.10. The zero-order valence-electron chi connectivity index (χ0n) is 15.3. The smallest absolute Gasteiger partial charge is 0.410 e. The standard InChI is InChI=1S/C19H25ClN2O3/c1-12(23)21-10-13-8-14(20)9-15(16(13)11-21)17-6-5-7-22(17)18(24)25-19(2,3)4/h8-9,17H,5-7,10-11H2,1-4H3/t17-/m0/s1. The molecule has 25 heavy (non-hydrogen) atoms. The number of rotatable bonds is 1. The SMILES string of the molecule is CC(=O)N1Cc2cc(Cl)cc([C@@H]3CCCN3C(=O)OC(C)(C)C)c2C1. The minimum absolute atomic E-state index is 0.0470. The number of likely N-dealkylation sites (tertiary alicyclic amines) is 1. The predicted octanol–water partition coefficient (Wildman–Crippen LogP) is 4.27. The van der Waals surface area contributed by atoms with Gasteiger partial charge in [0.25, 0.3) is 0 Å². The van der Waals surface area contributed by atoms with Crippen LogP contribution in [0.25, 0.3) is 0 Å². The molecule has 0 aromatic heterocycles. The topological polar surface area (TPSA) is 49.9 Å². The quantitative estimate of drug-likeness (QED) is 0.747. The van der Waals surface area contributed by atoms with Crippen molar-refractivity contribution in [1.82, 2.24) is 9.80 Å². The monoisotopic (exact) mass is 364 g/mol. The third kappa shape index (κ3) is 3.76. The van der Waals surface area contributed by atoms with E-state index < -0.39 is 5.60 Å². The molecule has 1 atom stereocenters. The van der Waals surface area contributed by atoms with E-state index in [0.717, 1.165) is 29.5 Å². The lowest BCUT2D eigenvalue weighted by atomic mass is 9.96. The summed E-state index contributed by atoms with van der Waals surface area (Å²) in [6.45, 7) is 9.04. The van der Waals surface area contributed by atoms with Gasteiger partial charge in [0.2, 0.25) is 5.91 Å². The van der Waals surface area contributed by atoms with Gasteiger partial charge in [0, 0.05) is 31.6 Å². The maximum Gasteiger partial charge on any atom is 0.410 e. The fourth-order valence-corrected chi connectivity index (χ4v) is 3.90. The Balaban J connectivity index is 1.92. The molecule has 1 aromatic carbocycles. The lowest BCUT2D eigenvalue weighted by Crippen LogP contribution is -2.36. The maximum atomic E-state index is 12.6. The molecule has 0 saturated carbocycles. The average molecular weight is 365 g/mol. The van der Waals surface area contributed by atoms with Gasteiger partial charge < -0.3 is 14.5 Å². The Kier molecular flexibility index (Phi) is 4.71. The van der Waals surface area contributed by atoms with Crippen LogP contribution in [0.1, 0.15) is 63.3 Å². The summed E-state index contributed by atoms with van der Waals surface area (Å²) in [5.74, 6) is 0.0497. The van der Waals surface area contributed by atoms with E-state index >= 15 is 0 Å². The van der Waals surface area contributed by atoms with Gasteiger partial charge in [0.1, 0.15) is 5.60 Å². The highest BCUT2D eigenvalue weighted by Gasteiger charge is 2.36. The molecule has 0 aliphatic carbocycles. The number of nitrogens with zero attached hydrogens (tertiary/aromatic N) is 2. The Morgan fingerprint density at radius 2 is 1.96 bits per heavy atom. The normalized spacial score (nSPS) is 20.0. The molecule has 0 unspecified atom stereocenters. The lowest BCUT2D eigenvalue weighted by Gasteiger charge is -2.30. The van der Waals surface area contributed by atoms with Crippen molar-refractivity contribution in [1.29, 1.82) is 0 Å². The second-order valence-electron chi connectivity index (χ2n) is 7.84. The van der Waals surface area contributed by atoms with Crippen molar-refractivity contribution < 1.29 is 14.3 Å². The second kappa shape index (κ2) is 6.52. The summed E-state index contributed by atoms with van der Waals surface area (Å²) < 4.78 is 5.57. The molecule has 5 nitrogen and oxygen atoms in total. The number of amides is 2. The van der Waals surface area contributed by atoms with E-state index in [0.29, 0.717) is 24.7 Å². The van der Waals surface area contributed by atoms with Crippen molar-refractivity contribution >= 4 is 23.6 Å². The molecule has 3 rings (SSSR count). The van der Waals surface area contributed by atoms with Gasteiger partial charge in [-0.2, -0.15) is 0 Å². The van der Waals surface area contributed by atoms with Crippen LogP contribution < -0.4 is 0 Å². The van der Waals surface area contributed by atoms with Crippen LogP contribution in [-0.4, -0.2) is 33.9 Å². The molecule has 0 N–H and O–H groups in total. The number of fused-ring (bicyclic) bond motifs is 1. The molecular weight excluding hydrogens is 340 g/mol. The summed E-state index contributed by atoms with van der Waals surface area (Å²) in [6, 6.07) is 3.82. The van der Waals surface area contributed by atoms with Gasteiger partial charge in [-0.05, 0) is 62.4 Å². The van der Waals surface area contributed by atoms with Crippen LogP contribution in [0, 0.1) is 0 Å². The summed E-state index contributed by atoms with van der Waals surface area (Å²) in [5.41, 5.74) is 2.73. The summed E-state index contributed by atoms with van der Waals surface area (Å²) in [5, 5.41) is 0.648. The summed E-state index contributed by atoms with van der Waals surface area (Å²) in [7, 11) is 0. The molecule has 0 spiro atoms. The van der Waals surface area contributed by atoms with Crippen molar-refractivity contribution in [3.8, 4) is 0 Å². The highest BCUT2D eigenvalue weighted by molar-refractivity contribution is 6.30. The van der Waals surface area contributed by atoms with E-state index in [2.05, 4.69) is 0 Å². The van der Waals surface area contributed by atoms with Crippen LogP contribution in [0.2, 0.25) is 5.02 Å². The van der Waals surface area contributed by atoms with E-state index in [1.807, 2.05) is 32.9 Å². The van der Waals surface area contributed by atoms with Gasteiger partial charge in [-0.25, -0.2) is 4.79 Å². The number of hydrogen-bond acceptors (Lipinski definition) is 3. The molecule has 6 heteroatoms. The molecule has 136 valence electrons. The van der Waals surface area contributed by atoms with Gasteiger partial charge in [-0.1, -0.05) is 11.6 Å². The predicted molar refractivity (Wildman–Crippen MR) is 96.3 cm³/mol. The minimum Gasteiger partial charge on any atom is -0.444 e. The Hall–Kier alpha value is -1.75. The number of hydrogen-bond donors (Lipinski definition) is 0. The first-order valence-corrected chi connectivity index (χ1v) is 9.10. The first kappa shape index (κ1) is 18.1.